The minimum Gasteiger partial charge on any atom is -0.489 e. The highest BCUT2D eigenvalue weighted by Crippen LogP contribution is 2.34. The van der Waals surface area contributed by atoms with Crippen molar-refractivity contribution in [3.05, 3.63) is 28.8 Å². The maximum absolute atomic E-state index is 10.0. The van der Waals surface area contributed by atoms with Crippen molar-refractivity contribution in [1.29, 1.82) is 0 Å². The molecule has 0 bridgehead atoms. The molecule has 0 atom stereocenters. The van der Waals surface area contributed by atoms with Gasteiger partial charge in [-0.2, -0.15) is 0 Å². The number of aliphatic hydroxyl groups is 1. The van der Waals surface area contributed by atoms with Crippen molar-refractivity contribution in [2.45, 2.75) is 52.2 Å². The monoisotopic (exact) mass is 380 g/mol. The number of hydrogen-bond acceptors (Lipinski definition) is 4. The van der Waals surface area contributed by atoms with Gasteiger partial charge < -0.3 is 14.7 Å². The molecule has 2 saturated heterocycles. The van der Waals surface area contributed by atoms with Gasteiger partial charge in [0, 0.05) is 18.5 Å². The third-order valence-electron chi connectivity index (χ3n) is 5.77. The first-order valence-corrected chi connectivity index (χ1v) is 10.4. The molecular formula is C21H33ClN2O2. The molecule has 2 heterocycles. The molecule has 3 rings (SSSR count). The maximum Gasteiger partial charge on any atom is 0.138 e. The van der Waals surface area contributed by atoms with E-state index in [-0.39, 0.29) is 11.5 Å². The van der Waals surface area contributed by atoms with Gasteiger partial charge in [-0.05, 0) is 83.4 Å². The van der Waals surface area contributed by atoms with Gasteiger partial charge in [-0.1, -0.05) is 17.7 Å². The van der Waals surface area contributed by atoms with Crippen molar-refractivity contribution in [2.75, 3.05) is 39.3 Å². The fourth-order valence-corrected chi connectivity index (χ4v) is 4.46. The quantitative estimate of drug-likeness (QED) is 0.780. The fourth-order valence-electron chi connectivity index (χ4n) is 4.22. The summed E-state index contributed by atoms with van der Waals surface area (Å²) in [5, 5.41) is 10.7. The van der Waals surface area contributed by atoms with Crippen molar-refractivity contribution in [2.24, 2.45) is 5.41 Å². The molecule has 1 aromatic rings. The van der Waals surface area contributed by atoms with Gasteiger partial charge in [0.2, 0.25) is 0 Å². The van der Waals surface area contributed by atoms with Crippen LogP contribution in [0.15, 0.2) is 18.2 Å². The summed E-state index contributed by atoms with van der Waals surface area (Å²) in [4.78, 5) is 5.02. The Bertz CT molecular complexity index is 579. The molecule has 2 fully saturated rings. The molecule has 0 unspecified atom stereocenters. The van der Waals surface area contributed by atoms with Gasteiger partial charge in [-0.25, -0.2) is 0 Å². The minimum absolute atomic E-state index is 0.0907. The topological polar surface area (TPSA) is 35.9 Å². The average molecular weight is 381 g/mol. The van der Waals surface area contributed by atoms with Gasteiger partial charge in [0.25, 0.3) is 0 Å². The molecule has 0 aromatic heterocycles. The lowest BCUT2D eigenvalue weighted by atomic mass is 9.78. The standard InChI is InChI=1S/C21H33ClN2O2/c1-17(2)26-20-6-5-18(13-19(20)22)14-23-11-7-21(16-25,8-12-23)15-24-9-3-4-10-24/h5-6,13,17,25H,3-4,7-12,14-16H2,1-2H3. The molecule has 0 saturated carbocycles. The number of hydrogen-bond donors (Lipinski definition) is 1. The van der Waals surface area contributed by atoms with E-state index in [1.54, 1.807) is 0 Å². The lowest BCUT2D eigenvalue weighted by Gasteiger charge is -2.42. The minimum atomic E-state index is 0.0907. The van der Waals surface area contributed by atoms with E-state index >= 15 is 0 Å². The van der Waals surface area contributed by atoms with E-state index in [4.69, 9.17) is 16.3 Å². The molecule has 146 valence electrons. The number of aliphatic hydroxyl groups excluding tert-OH is 1. The fraction of sp³-hybridized carbons (Fsp3) is 0.714. The summed E-state index contributed by atoms with van der Waals surface area (Å²) in [6.45, 7) is 10.8. The zero-order valence-corrected chi connectivity index (χ0v) is 17.0. The molecule has 4 nitrogen and oxygen atoms in total. The smallest absolute Gasteiger partial charge is 0.138 e. The SMILES string of the molecule is CC(C)Oc1ccc(CN2CCC(CO)(CN3CCCC3)CC2)cc1Cl. The average Bonchev–Trinajstić information content (AvgIpc) is 3.12. The summed E-state index contributed by atoms with van der Waals surface area (Å²) in [5.74, 6) is 0.758. The molecule has 0 aliphatic carbocycles. The number of nitrogens with zero attached hydrogens (tertiary/aromatic N) is 2. The van der Waals surface area contributed by atoms with Crippen LogP contribution in [0.4, 0.5) is 0 Å². The highest BCUT2D eigenvalue weighted by atomic mass is 35.5. The predicted molar refractivity (Wildman–Crippen MR) is 107 cm³/mol. The molecule has 26 heavy (non-hydrogen) atoms. The van der Waals surface area contributed by atoms with Crippen LogP contribution in [0.25, 0.3) is 0 Å². The first-order chi connectivity index (χ1) is 12.5. The van der Waals surface area contributed by atoms with Gasteiger partial charge >= 0.3 is 0 Å². The van der Waals surface area contributed by atoms with E-state index in [0.717, 1.165) is 44.8 Å². The van der Waals surface area contributed by atoms with E-state index in [9.17, 15) is 5.11 Å². The number of ether oxygens (including phenoxy) is 1. The Hall–Kier alpha value is -0.810. The molecular weight excluding hydrogens is 348 g/mol. The van der Waals surface area contributed by atoms with Crippen molar-refractivity contribution in [1.82, 2.24) is 9.80 Å². The second-order valence-electron chi connectivity index (χ2n) is 8.35. The zero-order chi connectivity index (χ0) is 18.6. The summed E-state index contributed by atoms with van der Waals surface area (Å²) in [5.41, 5.74) is 1.31. The van der Waals surface area contributed by atoms with Crippen LogP contribution >= 0.6 is 11.6 Å². The Morgan fingerprint density at radius 2 is 1.81 bits per heavy atom. The first-order valence-electron chi connectivity index (χ1n) is 10.0. The maximum atomic E-state index is 10.0. The van der Waals surface area contributed by atoms with Crippen molar-refractivity contribution in [3.63, 3.8) is 0 Å². The molecule has 0 spiro atoms. The van der Waals surface area contributed by atoms with Gasteiger partial charge in [0.05, 0.1) is 17.7 Å². The summed E-state index contributed by atoms with van der Waals surface area (Å²) >= 11 is 6.37. The molecule has 5 heteroatoms. The van der Waals surface area contributed by atoms with Crippen molar-refractivity contribution in [3.8, 4) is 5.75 Å². The van der Waals surface area contributed by atoms with Crippen LogP contribution in [-0.4, -0.2) is 60.3 Å². The van der Waals surface area contributed by atoms with Crippen molar-refractivity contribution < 1.29 is 9.84 Å². The van der Waals surface area contributed by atoms with Gasteiger partial charge in [-0.3, -0.25) is 4.90 Å². The number of benzene rings is 1. The highest BCUT2D eigenvalue weighted by Gasteiger charge is 2.36. The third kappa shape index (κ3) is 5.13. The largest absolute Gasteiger partial charge is 0.489 e. The van der Waals surface area contributed by atoms with E-state index < -0.39 is 0 Å². The van der Waals surface area contributed by atoms with Crippen LogP contribution in [-0.2, 0) is 6.54 Å². The zero-order valence-electron chi connectivity index (χ0n) is 16.2. The Labute approximate surface area is 163 Å². The summed E-state index contributed by atoms with van der Waals surface area (Å²) in [7, 11) is 0. The Kier molecular flexibility index (Phi) is 6.84. The van der Waals surface area contributed by atoms with E-state index in [1.165, 1.54) is 31.5 Å². The van der Waals surface area contributed by atoms with Crippen LogP contribution in [0.5, 0.6) is 5.75 Å². The number of likely N-dealkylation sites (tertiary alicyclic amines) is 2. The van der Waals surface area contributed by atoms with E-state index in [0.29, 0.717) is 11.6 Å². The summed E-state index contributed by atoms with van der Waals surface area (Å²) in [6, 6.07) is 6.12. The van der Waals surface area contributed by atoms with E-state index in [2.05, 4.69) is 15.9 Å². The lowest BCUT2D eigenvalue weighted by molar-refractivity contribution is 0.0165. The predicted octanol–water partition coefficient (Wildman–Crippen LogP) is 3.80. The molecule has 0 amide bonds. The van der Waals surface area contributed by atoms with Crippen molar-refractivity contribution >= 4 is 11.6 Å². The highest BCUT2D eigenvalue weighted by molar-refractivity contribution is 6.32. The normalized spacial score (nSPS) is 21.4. The number of halogens is 1. The molecule has 2 aliphatic heterocycles. The Morgan fingerprint density at radius 3 is 2.38 bits per heavy atom. The first kappa shape index (κ1) is 19.9. The molecule has 0 radical (unpaired) electrons. The molecule has 2 aliphatic rings. The Morgan fingerprint density at radius 1 is 1.12 bits per heavy atom. The number of rotatable bonds is 7. The second-order valence-corrected chi connectivity index (χ2v) is 8.76. The molecule has 1 aromatic carbocycles. The Balaban J connectivity index is 1.53. The summed E-state index contributed by atoms with van der Waals surface area (Å²) in [6.07, 6.45) is 4.89. The summed E-state index contributed by atoms with van der Waals surface area (Å²) < 4.78 is 5.72. The van der Waals surface area contributed by atoms with Crippen LogP contribution in [0, 0.1) is 5.41 Å². The van der Waals surface area contributed by atoms with Gasteiger partial charge in [0.15, 0.2) is 0 Å². The van der Waals surface area contributed by atoms with Crippen LogP contribution < -0.4 is 4.74 Å². The number of piperidine rings is 1. The van der Waals surface area contributed by atoms with Crippen LogP contribution in [0.2, 0.25) is 5.02 Å². The second kappa shape index (κ2) is 8.92. The van der Waals surface area contributed by atoms with E-state index in [1.807, 2.05) is 26.0 Å². The van der Waals surface area contributed by atoms with Crippen LogP contribution in [0.1, 0.15) is 45.1 Å². The van der Waals surface area contributed by atoms with Gasteiger partial charge in [0.1, 0.15) is 5.75 Å². The molecule has 1 N–H and O–H groups in total. The van der Waals surface area contributed by atoms with Crippen LogP contribution in [0.3, 0.4) is 0 Å². The van der Waals surface area contributed by atoms with Gasteiger partial charge in [-0.15, -0.1) is 0 Å². The third-order valence-corrected chi connectivity index (χ3v) is 6.07. The lowest BCUT2D eigenvalue weighted by Crippen LogP contribution is -2.47.